The molecule has 0 aliphatic heterocycles. The van der Waals surface area contributed by atoms with E-state index in [0.717, 1.165) is 30.2 Å². The van der Waals surface area contributed by atoms with Crippen molar-refractivity contribution in [2.45, 2.75) is 60.1 Å². The lowest BCUT2D eigenvalue weighted by atomic mass is 9.72. The first kappa shape index (κ1) is 26.2. The Morgan fingerprint density at radius 3 is 2.48 bits per heavy atom. The van der Waals surface area contributed by atoms with Crippen LogP contribution >= 0.6 is 0 Å². The van der Waals surface area contributed by atoms with E-state index in [9.17, 15) is 18.0 Å². The fourth-order valence-corrected chi connectivity index (χ4v) is 3.80. The van der Waals surface area contributed by atoms with Crippen molar-refractivity contribution in [1.29, 1.82) is 0 Å². The molecule has 3 nitrogen and oxygen atoms in total. The number of alkyl halides is 3. The molecule has 0 radical (unpaired) electrons. The smallest absolute Gasteiger partial charge is 0.416 e. The van der Waals surface area contributed by atoms with Crippen LogP contribution in [0.25, 0.3) is 0 Å². The number of ether oxygens (including phenoxy) is 1. The van der Waals surface area contributed by atoms with Gasteiger partial charge in [-0.1, -0.05) is 55.4 Å². The molecular weight excluding hydrogens is 427 g/mol. The van der Waals surface area contributed by atoms with Gasteiger partial charge in [-0.2, -0.15) is 13.2 Å². The SMILES string of the molecule is CC1=C(/C=C/C(C)=C/C=C/C(C)=C/C(=O)Oc2cc(C(F)(F)F)ccc2N)C(C)(C)CCC1. The highest BCUT2D eigenvalue weighted by Crippen LogP contribution is 2.40. The van der Waals surface area contributed by atoms with Gasteiger partial charge in [-0.05, 0) is 74.8 Å². The van der Waals surface area contributed by atoms with Gasteiger partial charge in [0.25, 0.3) is 0 Å². The molecule has 6 heteroatoms. The van der Waals surface area contributed by atoms with Gasteiger partial charge in [-0.25, -0.2) is 4.79 Å². The average Bonchev–Trinajstić information content (AvgIpc) is 2.67. The highest BCUT2D eigenvalue weighted by molar-refractivity contribution is 5.86. The van der Waals surface area contributed by atoms with Gasteiger partial charge in [-0.15, -0.1) is 0 Å². The number of nitrogen functional groups attached to an aromatic ring is 1. The summed E-state index contributed by atoms with van der Waals surface area (Å²) in [5.41, 5.74) is 9.30. The van der Waals surface area contributed by atoms with Crippen LogP contribution in [-0.4, -0.2) is 5.97 Å². The maximum absolute atomic E-state index is 12.9. The summed E-state index contributed by atoms with van der Waals surface area (Å²) < 4.78 is 43.6. The largest absolute Gasteiger partial charge is 0.421 e. The van der Waals surface area contributed by atoms with Gasteiger partial charge in [0.05, 0.1) is 11.3 Å². The Kier molecular flexibility index (Phi) is 8.53. The molecule has 0 saturated heterocycles. The van der Waals surface area contributed by atoms with E-state index in [0.29, 0.717) is 5.57 Å². The fourth-order valence-electron chi connectivity index (χ4n) is 3.80. The van der Waals surface area contributed by atoms with E-state index in [1.807, 2.05) is 19.1 Å². The van der Waals surface area contributed by atoms with E-state index in [4.69, 9.17) is 10.5 Å². The zero-order valence-electron chi connectivity index (χ0n) is 19.8. The summed E-state index contributed by atoms with van der Waals surface area (Å²) >= 11 is 0. The van der Waals surface area contributed by atoms with Crippen molar-refractivity contribution in [3.8, 4) is 5.75 Å². The van der Waals surface area contributed by atoms with Gasteiger partial charge in [0.1, 0.15) is 0 Å². The molecule has 2 rings (SSSR count). The molecule has 0 spiro atoms. The van der Waals surface area contributed by atoms with Crippen molar-refractivity contribution in [3.05, 3.63) is 82.5 Å². The summed E-state index contributed by atoms with van der Waals surface area (Å²) in [6, 6.07) is 2.62. The number of rotatable bonds is 6. The molecule has 33 heavy (non-hydrogen) atoms. The zero-order valence-corrected chi connectivity index (χ0v) is 19.8. The zero-order chi connectivity index (χ0) is 24.8. The molecule has 0 atom stereocenters. The summed E-state index contributed by atoms with van der Waals surface area (Å²) in [4.78, 5) is 12.1. The van der Waals surface area contributed by atoms with Crippen LogP contribution in [0.4, 0.5) is 18.9 Å². The lowest BCUT2D eigenvalue weighted by molar-refractivity contribution is -0.138. The first-order valence-electron chi connectivity index (χ1n) is 10.9. The number of esters is 1. The molecule has 0 aromatic heterocycles. The number of carbonyl (C=O) groups excluding carboxylic acids is 1. The van der Waals surface area contributed by atoms with E-state index in [1.54, 1.807) is 13.0 Å². The molecule has 1 aromatic carbocycles. The summed E-state index contributed by atoms with van der Waals surface area (Å²) in [5, 5.41) is 0. The van der Waals surface area contributed by atoms with Crippen molar-refractivity contribution < 1.29 is 22.7 Å². The Hall–Kier alpha value is -3.02. The van der Waals surface area contributed by atoms with Crippen molar-refractivity contribution in [1.82, 2.24) is 0 Å². The molecule has 1 aliphatic rings. The van der Waals surface area contributed by atoms with E-state index in [-0.39, 0.29) is 16.9 Å². The van der Waals surface area contributed by atoms with Crippen LogP contribution in [0, 0.1) is 5.41 Å². The van der Waals surface area contributed by atoms with Gasteiger partial charge < -0.3 is 10.5 Å². The minimum Gasteiger partial charge on any atom is -0.421 e. The molecule has 0 heterocycles. The third-order valence-electron chi connectivity index (χ3n) is 5.67. The number of nitrogens with two attached hydrogens (primary N) is 1. The number of anilines is 1. The van der Waals surface area contributed by atoms with Crippen LogP contribution in [-0.2, 0) is 11.0 Å². The molecule has 1 aromatic rings. The molecule has 0 bridgehead atoms. The van der Waals surface area contributed by atoms with Crippen LogP contribution in [0.5, 0.6) is 5.75 Å². The summed E-state index contributed by atoms with van der Waals surface area (Å²) in [6.45, 7) is 10.4. The Bertz CT molecular complexity index is 1040. The van der Waals surface area contributed by atoms with Gasteiger partial charge in [-0.3, -0.25) is 0 Å². The van der Waals surface area contributed by atoms with Crippen LogP contribution in [0.3, 0.4) is 0 Å². The maximum atomic E-state index is 12.9. The first-order valence-corrected chi connectivity index (χ1v) is 10.9. The molecule has 1 aliphatic carbocycles. The van der Waals surface area contributed by atoms with E-state index >= 15 is 0 Å². The monoisotopic (exact) mass is 459 g/mol. The average molecular weight is 460 g/mol. The fraction of sp³-hybridized carbons (Fsp3) is 0.370. The van der Waals surface area contributed by atoms with E-state index in [1.165, 1.54) is 30.1 Å². The van der Waals surface area contributed by atoms with Crippen molar-refractivity contribution in [2.75, 3.05) is 5.73 Å². The topological polar surface area (TPSA) is 52.3 Å². The molecule has 178 valence electrons. The quantitative estimate of drug-likeness (QED) is 0.156. The standard InChI is InChI=1S/C27H32F3NO2/c1-18(11-13-22-20(3)10-7-15-26(22,4)5)8-6-9-19(2)16-25(32)33-24-17-21(27(28,29)30)12-14-23(24)31/h6,8-9,11-14,16-17H,7,10,15,31H2,1-5H3/b9-6+,13-11+,18-8+,19-16+. The highest BCUT2D eigenvalue weighted by Gasteiger charge is 2.31. The third-order valence-corrected chi connectivity index (χ3v) is 5.67. The van der Waals surface area contributed by atoms with Gasteiger partial charge >= 0.3 is 12.1 Å². The number of benzene rings is 1. The Balaban J connectivity index is 2.03. The Labute approximate surface area is 194 Å². The second-order valence-electron chi connectivity index (χ2n) is 9.09. The highest BCUT2D eigenvalue weighted by atomic mass is 19.4. The van der Waals surface area contributed by atoms with E-state index in [2.05, 4.69) is 32.9 Å². The summed E-state index contributed by atoms with van der Waals surface area (Å²) in [7, 11) is 0. The van der Waals surface area contributed by atoms with Crippen molar-refractivity contribution >= 4 is 11.7 Å². The Morgan fingerprint density at radius 2 is 1.85 bits per heavy atom. The number of hydrogen-bond acceptors (Lipinski definition) is 3. The molecule has 0 amide bonds. The van der Waals surface area contributed by atoms with E-state index < -0.39 is 17.7 Å². The molecular formula is C27H32F3NO2. The van der Waals surface area contributed by atoms with Gasteiger partial charge in [0.2, 0.25) is 0 Å². The van der Waals surface area contributed by atoms with Gasteiger partial charge in [0.15, 0.2) is 5.75 Å². The number of allylic oxidation sites excluding steroid dienone is 9. The molecule has 0 unspecified atom stereocenters. The van der Waals surface area contributed by atoms with Crippen LogP contribution in [0.2, 0.25) is 0 Å². The maximum Gasteiger partial charge on any atom is 0.416 e. The predicted octanol–water partition coefficient (Wildman–Crippen LogP) is 7.72. The van der Waals surface area contributed by atoms with Crippen molar-refractivity contribution in [2.24, 2.45) is 5.41 Å². The minimum absolute atomic E-state index is 0.0465. The second-order valence-corrected chi connectivity index (χ2v) is 9.09. The first-order chi connectivity index (χ1) is 15.3. The second kappa shape index (κ2) is 10.7. The summed E-state index contributed by atoms with van der Waals surface area (Å²) in [5.74, 6) is -1.12. The lowest BCUT2D eigenvalue weighted by Gasteiger charge is -2.32. The van der Waals surface area contributed by atoms with Crippen molar-refractivity contribution in [3.63, 3.8) is 0 Å². The lowest BCUT2D eigenvalue weighted by Crippen LogP contribution is -2.19. The Morgan fingerprint density at radius 1 is 1.15 bits per heavy atom. The number of hydrogen-bond donors (Lipinski definition) is 1. The molecule has 0 fully saturated rings. The molecule has 2 N–H and O–H groups in total. The molecule has 0 saturated carbocycles. The van der Waals surface area contributed by atoms with Crippen LogP contribution in [0.15, 0.2) is 76.9 Å². The number of carbonyl (C=O) groups is 1. The number of halogens is 3. The summed E-state index contributed by atoms with van der Waals surface area (Å²) in [6.07, 6.45) is 9.92. The minimum atomic E-state index is -4.55. The van der Waals surface area contributed by atoms with Crippen LogP contribution < -0.4 is 10.5 Å². The van der Waals surface area contributed by atoms with Crippen LogP contribution in [0.1, 0.15) is 59.4 Å². The van der Waals surface area contributed by atoms with Gasteiger partial charge in [0, 0.05) is 6.08 Å². The predicted molar refractivity (Wildman–Crippen MR) is 128 cm³/mol. The third kappa shape index (κ3) is 7.81. The normalized spacial score (nSPS) is 17.8.